The SMILES string of the molecule is COC(=O)c1cn2nc(-c3cc4ccccc4n3C(=O)OC(C)(C)C)c(C)c2c(OC)n1. The molecule has 0 fully saturated rings. The van der Waals surface area contributed by atoms with Crippen LogP contribution in [0.5, 0.6) is 5.88 Å². The maximum atomic E-state index is 13.2. The lowest BCUT2D eigenvalue weighted by atomic mass is 10.1. The fourth-order valence-electron chi connectivity index (χ4n) is 3.60. The van der Waals surface area contributed by atoms with Crippen LogP contribution in [0.25, 0.3) is 27.8 Å². The second-order valence-corrected chi connectivity index (χ2v) is 8.30. The number of fused-ring (bicyclic) bond motifs is 2. The minimum atomic E-state index is -0.670. The molecule has 4 rings (SSSR count). The van der Waals surface area contributed by atoms with E-state index in [4.69, 9.17) is 14.2 Å². The van der Waals surface area contributed by atoms with Crippen molar-refractivity contribution in [3.8, 4) is 17.3 Å². The van der Waals surface area contributed by atoms with Crippen LogP contribution in [0.3, 0.4) is 0 Å². The molecule has 0 atom stereocenters. The van der Waals surface area contributed by atoms with Gasteiger partial charge in [-0.1, -0.05) is 18.2 Å². The van der Waals surface area contributed by atoms with Crippen molar-refractivity contribution in [2.75, 3.05) is 14.2 Å². The van der Waals surface area contributed by atoms with E-state index in [9.17, 15) is 9.59 Å². The Hall–Kier alpha value is -3.88. The molecule has 0 spiro atoms. The van der Waals surface area contributed by atoms with Gasteiger partial charge in [-0.15, -0.1) is 0 Å². The van der Waals surface area contributed by atoms with Gasteiger partial charge < -0.3 is 14.2 Å². The predicted molar refractivity (Wildman–Crippen MR) is 118 cm³/mol. The predicted octanol–water partition coefficient (Wildman–Crippen LogP) is 4.24. The van der Waals surface area contributed by atoms with Gasteiger partial charge in [0, 0.05) is 10.9 Å². The highest BCUT2D eigenvalue weighted by molar-refractivity contribution is 5.97. The smallest absolute Gasteiger partial charge is 0.419 e. The van der Waals surface area contributed by atoms with E-state index >= 15 is 0 Å². The summed E-state index contributed by atoms with van der Waals surface area (Å²) in [6, 6.07) is 9.42. The number of aromatic nitrogens is 4. The number of hydrogen-bond donors (Lipinski definition) is 0. The quantitative estimate of drug-likeness (QED) is 0.443. The first-order valence-electron chi connectivity index (χ1n) is 10.0. The average molecular weight is 436 g/mol. The summed E-state index contributed by atoms with van der Waals surface area (Å²) in [5.41, 5.74) is 2.50. The molecule has 0 aliphatic rings. The van der Waals surface area contributed by atoms with Gasteiger partial charge in [0.15, 0.2) is 5.69 Å². The minimum absolute atomic E-state index is 0.0542. The first-order valence-corrected chi connectivity index (χ1v) is 10.0. The Balaban J connectivity index is 1.99. The number of hydrogen-bond acceptors (Lipinski definition) is 7. The standard InChI is InChI=1S/C23H24N4O5/c1-13-18(25-26-12-15(21(28)31-6)24-20(30-5)19(13)26)17-11-14-9-7-8-10-16(14)27(17)22(29)32-23(2,3)4/h7-12H,1-6H3. The van der Waals surface area contributed by atoms with Crippen molar-refractivity contribution in [2.45, 2.75) is 33.3 Å². The average Bonchev–Trinajstić information content (AvgIpc) is 3.29. The molecule has 0 aliphatic carbocycles. The Morgan fingerprint density at radius 1 is 1.09 bits per heavy atom. The monoisotopic (exact) mass is 436 g/mol. The third-order valence-corrected chi connectivity index (χ3v) is 4.93. The number of benzene rings is 1. The number of para-hydroxylation sites is 1. The van der Waals surface area contributed by atoms with Gasteiger partial charge in [-0.2, -0.15) is 5.10 Å². The maximum absolute atomic E-state index is 13.2. The number of carbonyl (C=O) groups is 2. The summed E-state index contributed by atoms with van der Waals surface area (Å²) in [6.07, 6.45) is 0.964. The molecule has 166 valence electrons. The number of rotatable bonds is 3. The highest BCUT2D eigenvalue weighted by Gasteiger charge is 2.26. The van der Waals surface area contributed by atoms with Crippen LogP contribution in [-0.4, -0.2) is 51.0 Å². The summed E-state index contributed by atoms with van der Waals surface area (Å²) in [4.78, 5) is 29.5. The molecule has 3 heterocycles. The topological polar surface area (TPSA) is 97.0 Å². The fraction of sp³-hybridized carbons (Fsp3) is 0.304. The van der Waals surface area contributed by atoms with Crippen LogP contribution in [0, 0.1) is 6.92 Å². The molecular weight excluding hydrogens is 412 g/mol. The molecule has 0 aliphatic heterocycles. The van der Waals surface area contributed by atoms with Crippen LogP contribution in [0.1, 0.15) is 36.8 Å². The summed E-state index contributed by atoms with van der Waals surface area (Å²) in [6.45, 7) is 7.31. The minimum Gasteiger partial charge on any atom is -0.479 e. The molecular formula is C23H24N4O5. The van der Waals surface area contributed by atoms with Gasteiger partial charge in [-0.05, 0) is 39.8 Å². The molecule has 0 amide bonds. The van der Waals surface area contributed by atoms with E-state index in [1.807, 2.05) is 58.0 Å². The van der Waals surface area contributed by atoms with Crippen LogP contribution in [0.4, 0.5) is 4.79 Å². The van der Waals surface area contributed by atoms with Gasteiger partial charge in [0.25, 0.3) is 0 Å². The van der Waals surface area contributed by atoms with Gasteiger partial charge in [-0.25, -0.2) is 23.7 Å². The number of carbonyl (C=O) groups excluding carboxylic acids is 2. The number of methoxy groups -OCH3 is 2. The van der Waals surface area contributed by atoms with Crippen molar-refractivity contribution in [3.63, 3.8) is 0 Å². The van der Waals surface area contributed by atoms with Gasteiger partial charge in [0.2, 0.25) is 5.88 Å². The molecule has 0 radical (unpaired) electrons. The highest BCUT2D eigenvalue weighted by Crippen LogP contribution is 2.34. The van der Waals surface area contributed by atoms with E-state index in [0.29, 0.717) is 22.4 Å². The van der Waals surface area contributed by atoms with Gasteiger partial charge in [-0.3, -0.25) is 0 Å². The molecule has 0 N–H and O–H groups in total. The first kappa shape index (κ1) is 21.4. The zero-order valence-electron chi connectivity index (χ0n) is 18.8. The van der Waals surface area contributed by atoms with E-state index in [1.165, 1.54) is 29.5 Å². The molecule has 1 aromatic carbocycles. The summed E-state index contributed by atoms with van der Waals surface area (Å²) in [7, 11) is 2.74. The Labute approximate surface area is 184 Å². The van der Waals surface area contributed by atoms with E-state index in [-0.39, 0.29) is 11.6 Å². The molecule has 4 aromatic rings. The van der Waals surface area contributed by atoms with E-state index in [0.717, 1.165) is 10.9 Å². The zero-order valence-corrected chi connectivity index (χ0v) is 18.8. The van der Waals surface area contributed by atoms with Crippen LogP contribution in [0.15, 0.2) is 36.5 Å². The van der Waals surface area contributed by atoms with Gasteiger partial charge in [0.05, 0.1) is 31.6 Å². The third kappa shape index (κ3) is 3.55. The van der Waals surface area contributed by atoms with Crippen molar-refractivity contribution in [2.24, 2.45) is 0 Å². The molecule has 3 aromatic heterocycles. The molecule has 9 nitrogen and oxygen atoms in total. The Kier molecular flexibility index (Phi) is 5.12. The maximum Gasteiger partial charge on any atom is 0.419 e. The Bertz CT molecular complexity index is 1360. The van der Waals surface area contributed by atoms with Crippen molar-refractivity contribution in [3.05, 3.63) is 47.8 Å². The molecule has 0 saturated carbocycles. The van der Waals surface area contributed by atoms with Crippen molar-refractivity contribution < 1.29 is 23.8 Å². The molecule has 0 bridgehead atoms. The molecule has 0 unspecified atom stereocenters. The second kappa shape index (κ2) is 7.67. The van der Waals surface area contributed by atoms with Crippen molar-refractivity contribution >= 4 is 28.5 Å². The molecule has 0 saturated heterocycles. The first-order chi connectivity index (χ1) is 15.1. The summed E-state index contributed by atoms with van der Waals surface area (Å²) in [5, 5.41) is 5.53. The van der Waals surface area contributed by atoms with E-state index in [1.54, 1.807) is 0 Å². The normalized spacial score (nSPS) is 11.7. The van der Waals surface area contributed by atoms with Crippen LogP contribution < -0.4 is 4.74 Å². The van der Waals surface area contributed by atoms with E-state index in [2.05, 4.69) is 10.1 Å². The summed E-state index contributed by atoms with van der Waals surface area (Å²) < 4.78 is 18.9. The number of nitrogens with zero attached hydrogens (tertiary/aromatic N) is 4. The van der Waals surface area contributed by atoms with Crippen molar-refractivity contribution in [1.29, 1.82) is 0 Å². The number of ether oxygens (including phenoxy) is 3. The van der Waals surface area contributed by atoms with Crippen LogP contribution in [-0.2, 0) is 9.47 Å². The Morgan fingerprint density at radius 2 is 1.81 bits per heavy atom. The number of esters is 1. The lowest BCUT2D eigenvalue weighted by Gasteiger charge is -2.20. The number of aryl methyl sites for hydroxylation is 1. The molecule has 32 heavy (non-hydrogen) atoms. The third-order valence-electron chi connectivity index (χ3n) is 4.93. The Morgan fingerprint density at radius 3 is 2.47 bits per heavy atom. The van der Waals surface area contributed by atoms with Gasteiger partial charge in [0.1, 0.15) is 16.8 Å². The fourth-order valence-corrected chi connectivity index (χ4v) is 3.60. The lowest BCUT2D eigenvalue weighted by Crippen LogP contribution is -2.27. The van der Waals surface area contributed by atoms with Gasteiger partial charge >= 0.3 is 12.1 Å². The van der Waals surface area contributed by atoms with E-state index < -0.39 is 17.7 Å². The second-order valence-electron chi connectivity index (χ2n) is 8.30. The lowest BCUT2D eigenvalue weighted by molar-refractivity contribution is 0.0545. The van der Waals surface area contributed by atoms with Crippen molar-refractivity contribution in [1.82, 2.24) is 19.2 Å². The summed E-state index contributed by atoms with van der Waals surface area (Å²) >= 11 is 0. The largest absolute Gasteiger partial charge is 0.479 e. The molecule has 9 heteroatoms. The summed E-state index contributed by atoms with van der Waals surface area (Å²) in [5.74, 6) is -0.383. The van der Waals surface area contributed by atoms with Crippen LogP contribution in [0.2, 0.25) is 0 Å². The van der Waals surface area contributed by atoms with Crippen LogP contribution >= 0.6 is 0 Å². The highest BCUT2D eigenvalue weighted by atomic mass is 16.6. The zero-order chi connectivity index (χ0) is 23.2.